The summed E-state index contributed by atoms with van der Waals surface area (Å²) < 4.78 is 6.77. The van der Waals surface area contributed by atoms with Crippen molar-refractivity contribution >= 4 is 23.4 Å². The van der Waals surface area contributed by atoms with Crippen LogP contribution in [-0.2, 0) is 19.1 Å². The quantitative estimate of drug-likeness (QED) is 0.406. The summed E-state index contributed by atoms with van der Waals surface area (Å²) in [7, 11) is 0. The average Bonchev–Trinajstić information content (AvgIpc) is 3.46. The largest absolute Gasteiger partial charge is 0.394 e. The van der Waals surface area contributed by atoms with E-state index < -0.39 is 35.1 Å². The molecule has 3 saturated heterocycles. The van der Waals surface area contributed by atoms with Crippen molar-refractivity contribution in [2.24, 2.45) is 17.8 Å². The highest BCUT2D eigenvalue weighted by atomic mass is 16.5. The van der Waals surface area contributed by atoms with E-state index in [1.807, 2.05) is 51.1 Å². The lowest BCUT2D eigenvalue weighted by Gasteiger charge is -2.38. The molecular formula is C28H41N3O5. The Morgan fingerprint density at radius 2 is 1.89 bits per heavy atom. The summed E-state index contributed by atoms with van der Waals surface area (Å²) >= 11 is 0. The molecule has 0 aromatic heterocycles. The predicted octanol–water partition coefficient (Wildman–Crippen LogP) is 3.10. The van der Waals surface area contributed by atoms with Gasteiger partial charge in [0.1, 0.15) is 11.6 Å². The van der Waals surface area contributed by atoms with Crippen LogP contribution in [-0.4, -0.2) is 64.2 Å². The number of para-hydroxylation sites is 1. The Balaban J connectivity index is 1.74. The number of benzene rings is 1. The third-order valence-electron chi connectivity index (χ3n) is 8.37. The first-order valence-corrected chi connectivity index (χ1v) is 13.5. The molecule has 3 fully saturated rings. The van der Waals surface area contributed by atoms with Crippen molar-refractivity contribution in [1.82, 2.24) is 10.2 Å². The maximum absolute atomic E-state index is 14.2. The van der Waals surface area contributed by atoms with Crippen molar-refractivity contribution in [2.75, 3.05) is 18.5 Å². The minimum absolute atomic E-state index is 0.216. The molecule has 8 heteroatoms. The van der Waals surface area contributed by atoms with E-state index in [-0.39, 0.29) is 30.2 Å². The number of anilines is 1. The van der Waals surface area contributed by atoms with E-state index in [2.05, 4.69) is 17.6 Å². The van der Waals surface area contributed by atoms with E-state index in [0.717, 1.165) is 12.8 Å². The second-order valence-electron chi connectivity index (χ2n) is 11.0. The van der Waals surface area contributed by atoms with Crippen LogP contribution in [0.25, 0.3) is 0 Å². The van der Waals surface area contributed by atoms with Crippen molar-refractivity contribution in [3.63, 3.8) is 0 Å². The number of carbonyl (C=O) groups is 3. The summed E-state index contributed by atoms with van der Waals surface area (Å²) in [6.07, 6.45) is 4.05. The molecule has 0 aliphatic carbocycles. The molecule has 3 amide bonds. The molecule has 3 aliphatic rings. The molecule has 6 atom stereocenters. The van der Waals surface area contributed by atoms with Gasteiger partial charge in [-0.3, -0.25) is 14.4 Å². The van der Waals surface area contributed by atoms with E-state index in [0.29, 0.717) is 37.9 Å². The summed E-state index contributed by atoms with van der Waals surface area (Å²) in [5.74, 6) is -2.02. The Labute approximate surface area is 214 Å². The molecule has 1 spiro atoms. The fraction of sp³-hybridized carbons (Fsp3) is 0.679. The van der Waals surface area contributed by atoms with Crippen LogP contribution in [0.3, 0.4) is 0 Å². The molecule has 198 valence electrons. The first kappa shape index (κ1) is 26.6. The summed E-state index contributed by atoms with van der Waals surface area (Å²) in [4.78, 5) is 43.2. The van der Waals surface area contributed by atoms with Gasteiger partial charge in [-0.05, 0) is 50.2 Å². The minimum atomic E-state index is -1.08. The summed E-state index contributed by atoms with van der Waals surface area (Å²) in [5, 5.41) is 16.3. The van der Waals surface area contributed by atoms with E-state index >= 15 is 0 Å². The maximum Gasteiger partial charge on any atom is 0.245 e. The Morgan fingerprint density at radius 3 is 2.50 bits per heavy atom. The highest BCUT2D eigenvalue weighted by molar-refractivity contribution is 6.02. The van der Waals surface area contributed by atoms with Crippen molar-refractivity contribution in [3.8, 4) is 0 Å². The highest BCUT2D eigenvalue weighted by Crippen LogP contribution is 2.64. The zero-order chi connectivity index (χ0) is 26.1. The normalized spacial score (nSPS) is 31.6. The van der Waals surface area contributed by atoms with Gasteiger partial charge in [0.15, 0.2) is 0 Å². The fourth-order valence-corrected chi connectivity index (χ4v) is 6.79. The molecule has 3 N–H and O–H groups in total. The van der Waals surface area contributed by atoms with E-state index in [9.17, 15) is 19.5 Å². The first-order valence-electron chi connectivity index (χ1n) is 13.5. The Kier molecular flexibility index (Phi) is 7.76. The van der Waals surface area contributed by atoms with Crippen LogP contribution in [0.15, 0.2) is 30.3 Å². The van der Waals surface area contributed by atoms with Crippen LogP contribution in [0.5, 0.6) is 0 Å². The number of amides is 3. The van der Waals surface area contributed by atoms with Gasteiger partial charge < -0.3 is 25.4 Å². The number of nitrogens with one attached hydrogen (secondary N) is 2. The lowest BCUT2D eigenvalue weighted by Crippen LogP contribution is -2.58. The fourth-order valence-electron chi connectivity index (χ4n) is 6.79. The van der Waals surface area contributed by atoms with E-state index in [1.54, 1.807) is 4.90 Å². The van der Waals surface area contributed by atoms with E-state index in [1.165, 1.54) is 0 Å². The zero-order valence-corrected chi connectivity index (χ0v) is 22.0. The van der Waals surface area contributed by atoms with Crippen molar-refractivity contribution < 1.29 is 24.2 Å². The maximum atomic E-state index is 14.2. The molecule has 8 nitrogen and oxygen atoms in total. The lowest BCUT2D eigenvalue weighted by atomic mass is 9.65. The number of hydrogen-bond donors (Lipinski definition) is 3. The number of aliphatic hydroxyl groups is 1. The number of ether oxygens (including phenoxy) is 1. The number of unbranched alkanes of at least 4 members (excludes halogenated alkanes) is 1. The van der Waals surface area contributed by atoms with Gasteiger partial charge in [-0.15, -0.1) is 0 Å². The second-order valence-corrected chi connectivity index (χ2v) is 11.0. The molecule has 0 saturated carbocycles. The van der Waals surface area contributed by atoms with Gasteiger partial charge in [0.25, 0.3) is 0 Å². The van der Waals surface area contributed by atoms with Crippen LogP contribution >= 0.6 is 0 Å². The standard InChI is InChI=1S/C28H41N3O5/c1-5-7-15-29-25(34)23-28-14-13-27(6-2,36-28)21(24(33)30-19-11-9-8-10-12-19)22(28)26(35)31(23)20(17-32)16-18(3)4/h8-12,18,20-23,32H,5-7,13-17H2,1-4H3,(H,29,34)(H,30,33)/t20-,21-,22+,23?,27+,28?/m1/s1. The van der Waals surface area contributed by atoms with Crippen LogP contribution in [0.1, 0.15) is 66.2 Å². The van der Waals surface area contributed by atoms with Crippen molar-refractivity contribution in [3.05, 3.63) is 30.3 Å². The van der Waals surface area contributed by atoms with Gasteiger partial charge in [0, 0.05) is 12.2 Å². The number of rotatable bonds is 11. The number of aliphatic hydroxyl groups excluding tert-OH is 1. The first-order chi connectivity index (χ1) is 17.2. The summed E-state index contributed by atoms with van der Waals surface area (Å²) in [6.45, 7) is 8.37. The molecule has 1 aromatic carbocycles. The monoisotopic (exact) mass is 499 g/mol. The molecule has 4 rings (SSSR count). The molecule has 2 bridgehead atoms. The van der Waals surface area contributed by atoms with E-state index in [4.69, 9.17) is 4.74 Å². The van der Waals surface area contributed by atoms with Gasteiger partial charge in [-0.2, -0.15) is 0 Å². The van der Waals surface area contributed by atoms with Gasteiger partial charge in [-0.25, -0.2) is 0 Å². The Hall–Kier alpha value is -2.45. The number of likely N-dealkylation sites (tertiary alicyclic amines) is 1. The minimum Gasteiger partial charge on any atom is -0.394 e. The second kappa shape index (κ2) is 10.5. The van der Waals surface area contributed by atoms with Gasteiger partial charge in [-0.1, -0.05) is 52.3 Å². The zero-order valence-electron chi connectivity index (χ0n) is 22.0. The lowest BCUT2D eigenvalue weighted by molar-refractivity contribution is -0.150. The number of carbonyl (C=O) groups excluding carboxylic acids is 3. The van der Waals surface area contributed by atoms with Crippen molar-refractivity contribution in [1.29, 1.82) is 0 Å². The summed E-state index contributed by atoms with van der Waals surface area (Å²) in [6, 6.07) is 7.82. The Bertz CT molecular complexity index is 969. The molecule has 0 radical (unpaired) electrons. The highest BCUT2D eigenvalue weighted by Gasteiger charge is 2.79. The third-order valence-corrected chi connectivity index (χ3v) is 8.37. The molecule has 3 heterocycles. The topological polar surface area (TPSA) is 108 Å². The Morgan fingerprint density at radius 1 is 1.17 bits per heavy atom. The SMILES string of the molecule is CCCCNC(=O)C1N([C@@H](CO)CC(C)C)C(=O)[C@@H]2[C@H](C(=O)Nc3ccccc3)[C@]3(CC)CCC12O3. The van der Waals surface area contributed by atoms with Gasteiger partial charge >= 0.3 is 0 Å². The number of nitrogens with zero attached hydrogens (tertiary/aromatic N) is 1. The third kappa shape index (κ3) is 4.32. The van der Waals surface area contributed by atoms with Gasteiger partial charge in [0.05, 0.1) is 30.1 Å². The molecule has 36 heavy (non-hydrogen) atoms. The predicted molar refractivity (Wildman–Crippen MR) is 137 cm³/mol. The van der Waals surface area contributed by atoms with Crippen LogP contribution in [0, 0.1) is 17.8 Å². The number of fused-ring (bicyclic) bond motifs is 1. The average molecular weight is 500 g/mol. The molecular weight excluding hydrogens is 458 g/mol. The molecule has 3 aliphatic heterocycles. The van der Waals surface area contributed by atoms with Crippen LogP contribution in [0.4, 0.5) is 5.69 Å². The molecule has 1 aromatic rings. The summed E-state index contributed by atoms with van der Waals surface area (Å²) in [5.41, 5.74) is -1.21. The van der Waals surface area contributed by atoms with Gasteiger partial charge in [0.2, 0.25) is 17.7 Å². The van der Waals surface area contributed by atoms with Crippen molar-refractivity contribution in [2.45, 2.75) is 89.5 Å². The number of hydrogen-bond acceptors (Lipinski definition) is 5. The smallest absolute Gasteiger partial charge is 0.245 e. The van der Waals surface area contributed by atoms with Crippen LogP contribution in [0.2, 0.25) is 0 Å². The van der Waals surface area contributed by atoms with Crippen LogP contribution < -0.4 is 10.6 Å². The molecule has 2 unspecified atom stereocenters.